The summed E-state index contributed by atoms with van der Waals surface area (Å²) in [5, 5.41) is 9.34. The average molecular weight is 372 g/mol. The smallest absolute Gasteiger partial charge is 0.239 e. The molecule has 11 heteroatoms. The second-order valence-corrected chi connectivity index (χ2v) is 7.46. The molecule has 0 atom stereocenters. The van der Waals surface area contributed by atoms with Crippen molar-refractivity contribution in [1.82, 2.24) is 25.0 Å². The Morgan fingerprint density at radius 1 is 1.32 bits per heavy atom. The van der Waals surface area contributed by atoms with Crippen molar-refractivity contribution in [1.29, 1.82) is 0 Å². The first-order chi connectivity index (χ1) is 12.0. The largest absolute Gasteiger partial charge is 0.364 e. The highest BCUT2D eigenvalue weighted by Crippen LogP contribution is 2.12. The molecule has 2 heterocycles. The number of guanidine groups is 1. The fourth-order valence-corrected chi connectivity index (χ4v) is 3.94. The second-order valence-electron chi connectivity index (χ2n) is 5.49. The SMILES string of the molecule is CCNC(=O)CNC(=NC)N1CCN(S(=O)(=O)Cc2ccon2)CC1. The van der Waals surface area contributed by atoms with Gasteiger partial charge in [0, 0.05) is 45.8 Å². The highest BCUT2D eigenvalue weighted by molar-refractivity contribution is 7.88. The molecule has 1 aromatic heterocycles. The molecule has 1 saturated heterocycles. The van der Waals surface area contributed by atoms with Gasteiger partial charge in [-0.3, -0.25) is 9.79 Å². The van der Waals surface area contributed by atoms with Crippen molar-refractivity contribution in [2.24, 2.45) is 4.99 Å². The highest BCUT2D eigenvalue weighted by Gasteiger charge is 2.29. The van der Waals surface area contributed by atoms with Gasteiger partial charge in [0.2, 0.25) is 15.9 Å². The third-order valence-electron chi connectivity index (χ3n) is 3.75. The number of hydrogen-bond acceptors (Lipinski definition) is 6. The van der Waals surface area contributed by atoms with Crippen molar-refractivity contribution in [2.75, 3.05) is 46.3 Å². The van der Waals surface area contributed by atoms with Crippen molar-refractivity contribution in [2.45, 2.75) is 12.7 Å². The first kappa shape index (κ1) is 19.2. The quantitative estimate of drug-likeness (QED) is 0.477. The summed E-state index contributed by atoms with van der Waals surface area (Å²) in [6.45, 7) is 4.24. The summed E-state index contributed by atoms with van der Waals surface area (Å²) in [6.07, 6.45) is 1.35. The molecule has 1 aromatic rings. The van der Waals surface area contributed by atoms with Crippen molar-refractivity contribution < 1.29 is 17.7 Å². The molecular weight excluding hydrogens is 348 g/mol. The van der Waals surface area contributed by atoms with Crippen molar-refractivity contribution in [3.05, 3.63) is 18.0 Å². The number of aliphatic imine (C=N–C) groups is 1. The number of sulfonamides is 1. The molecule has 25 heavy (non-hydrogen) atoms. The number of nitrogens with zero attached hydrogens (tertiary/aromatic N) is 4. The zero-order chi connectivity index (χ0) is 18.3. The summed E-state index contributed by atoms with van der Waals surface area (Å²) in [5.41, 5.74) is 0.391. The van der Waals surface area contributed by atoms with Crippen LogP contribution in [0.1, 0.15) is 12.6 Å². The molecule has 0 aromatic carbocycles. The van der Waals surface area contributed by atoms with Gasteiger partial charge in [0.15, 0.2) is 5.96 Å². The van der Waals surface area contributed by atoms with Gasteiger partial charge in [-0.25, -0.2) is 8.42 Å². The van der Waals surface area contributed by atoms with Crippen LogP contribution in [-0.2, 0) is 20.6 Å². The van der Waals surface area contributed by atoms with E-state index in [0.717, 1.165) is 0 Å². The monoisotopic (exact) mass is 372 g/mol. The van der Waals surface area contributed by atoms with Gasteiger partial charge in [0.25, 0.3) is 0 Å². The van der Waals surface area contributed by atoms with E-state index in [-0.39, 0.29) is 18.2 Å². The van der Waals surface area contributed by atoms with Crippen LogP contribution in [0.4, 0.5) is 0 Å². The molecule has 1 aliphatic heterocycles. The normalized spacial score (nSPS) is 16.7. The van der Waals surface area contributed by atoms with E-state index in [0.29, 0.717) is 44.4 Å². The van der Waals surface area contributed by atoms with E-state index in [1.807, 2.05) is 11.8 Å². The molecule has 0 bridgehead atoms. The Morgan fingerprint density at radius 3 is 2.60 bits per heavy atom. The summed E-state index contributed by atoms with van der Waals surface area (Å²) in [7, 11) is -1.80. The summed E-state index contributed by atoms with van der Waals surface area (Å²) in [4.78, 5) is 17.6. The van der Waals surface area contributed by atoms with E-state index in [1.54, 1.807) is 13.1 Å². The lowest BCUT2D eigenvalue weighted by Gasteiger charge is -2.35. The van der Waals surface area contributed by atoms with Gasteiger partial charge >= 0.3 is 0 Å². The zero-order valence-electron chi connectivity index (χ0n) is 14.4. The zero-order valence-corrected chi connectivity index (χ0v) is 15.3. The number of nitrogens with one attached hydrogen (secondary N) is 2. The topological polar surface area (TPSA) is 120 Å². The summed E-state index contributed by atoms with van der Waals surface area (Å²) < 4.78 is 30.9. The Bertz CT molecular complexity index is 680. The molecule has 0 aliphatic carbocycles. The third-order valence-corrected chi connectivity index (χ3v) is 5.56. The maximum absolute atomic E-state index is 12.4. The molecule has 2 rings (SSSR count). The van der Waals surface area contributed by atoms with Gasteiger partial charge < -0.3 is 20.1 Å². The molecule has 140 valence electrons. The van der Waals surface area contributed by atoms with E-state index in [1.165, 1.54) is 10.6 Å². The maximum atomic E-state index is 12.4. The Morgan fingerprint density at radius 2 is 2.04 bits per heavy atom. The minimum Gasteiger partial charge on any atom is -0.364 e. The molecule has 1 amide bonds. The fourth-order valence-electron chi connectivity index (χ4n) is 2.52. The first-order valence-electron chi connectivity index (χ1n) is 8.05. The molecule has 1 aliphatic rings. The van der Waals surface area contributed by atoms with Gasteiger partial charge in [-0.15, -0.1) is 0 Å². The number of likely N-dealkylation sites (N-methyl/N-ethyl adjacent to an activating group) is 1. The molecule has 2 N–H and O–H groups in total. The third kappa shape index (κ3) is 5.43. The molecular formula is C14H24N6O4S. The van der Waals surface area contributed by atoms with E-state index in [9.17, 15) is 13.2 Å². The van der Waals surface area contributed by atoms with Crippen LogP contribution in [0.5, 0.6) is 0 Å². The summed E-state index contributed by atoms with van der Waals surface area (Å²) >= 11 is 0. The average Bonchev–Trinajstić information content (AvgIpc) is 3.08. The molecule has 1 fully saturated rings. The van der Waals surface area contributed by atoms with E-state index >= 15 is 0 Å². The number of rotatable bonds is 6. The maximum Gasteiger partial charge on any atom is 0.239 e. The standard InChI is InChI=1S/C14H24N6O4S/c1-3-16-13(21)10-17-14(15-2)19-5-7-20(8-6-19)25(22,23)11-12-4-9-24-18-12/h4,9H,3,5-8,10-11H2,1-2H3,(H,15,17)(H,16,21). The van der Waals surface area contributed by atoms with Crippen LogP contribution in [0.25, 0.3) is 0 Å². The lowest BCUT2D eigenvalue weighted by atomic mass is 10.4. The van der Waals surface area contributed by atoms with E-state index in [2.05, 4.69) is 25.3 Å². The minimum absolute atomic E-state index is 0.113. The van der Waals surface area contributed by atoms with Crippen molar-refractivity contribution >= 4 is 21.9 Å². The number of hydrogen-bond donors (Lipinski definition) is 2. The number of carbonyl (C=O) groups excluding carboxylic acids is 1. The Kier molecular flexibility index (Phi) is 6.76. The predicted molar refractivity (Wildman–Crippen MR) is 92.3 cm³/mol. The Labute approximate surface area is 147 Å². The first-order valence-corrected chi connectivity index (χ1v) is 9.66. The van der Waals surface area contributed by atoms with Crippen molar-refractivity contribution in [3.8, 4) is 0 Å². The highest BCUT2D eigenvalue weighted by atomic mass is 32.2. The molecule has 0 saturated carbocycles. The Balaban J connectivity index is 1.86. The molecule has 10 nitrogen and oxygen atoms in total. The summed E-state index contributed by atoms with van der Waals surface area (Å²) in [5.74, 6) is 0.297. The van der Waals surface area contributed by atoms with Crippen LogP contribution in [0.2, 0.25) is 0 Å². The van der Waals surface area contributed by atoms with Crippen LogP contribution in [-0.4, -0.2) is 81.0 Å². The van der Waals surface area contributed by atoms with Gasteiger partial charge in [-0.05, 0) is 6.92 Å². The molecule has 0 spiro atoms. The van der Waals surface area contributed by atoms with Crippen LogP contribution < -0.4 is 10.6 Å². The van der Waals surface area contributed by atoms with Gasteiger partial charge in [-0.2, -0.15) is 4.31 Å². The van der Waals surface area contributed by atoms with E-state index in [4.69, 9.17) is 0 Å². The van der Waals surface area contributed by atoms with Gasteiger partial charge in [0.1, 0.15) is 12.0 Å². The number of amides is 1. The number of aromatic nitrogens is 1. The van der Waals surface area contributed by atoms with Gasteiger partial charge in [-0.1, -0.05) is 5.16 Å². The Hall–Kier alpha value is -2.14. The fraction of sp³-hybridized carbons (Fsp3) is 0.643. The van der Waals surface area contributed by atoms with Crippen LogP contribution >= 0.6 is 0 Å². The van der Waals surface area contributed by atoms with E-state index < -0.39 is 10.0 Å². The second kappa shape index (κ2) is 8.81. The predicted octanol–water partition coefficient (Wildman–Crippen LogP) is -1.17. The molecule has 0 unspecified atom stereocenters. The lowest BCUT2D eigenvalue weighted by molar-refractivity contribution is -0.119. The van der Waals surface area contributed by atoms with Crippen LogP contribution in [0, 0.1) is 0 Å². The van der Waals surface area contributed by atoms with Crippen LogP contribution in [0.3, 0.4) is 0 Å². The molecule has 0 radical (unpaired) electrons. The minimum atomic E-state index is -3.44. The van der Waals surface area contributed by atoms with Crippen molar-refractivity contribution in [3.63, 3.8) is 0 Å². The lowest BCUT2D eigenvalue weighted by Crippen LogP contribution is -2.54. The summed E-state index contributed by atoms with van der Waals surface area (Å²) in [6, 6.07) is 1.54. The van der Waals surface area contributed by atoms with Crippen LogP contribution in [0.15, 0.2) is 21.8 Å². The number of piperazine rings is 1. The van der Waals surface area contributed by atoms with Gasteiger partial charge in [0.05, 0.1) is 12.2 Å². The number of carbonyl (C=O) groups is 1.